The summed E-state index contributed by atoms with van der Waals surface area (Å²) in [7, 11) is 2.01. The second-order valence-corrected chi connectivity index (χ2v) is 5.17. The zero-order valence-electron chi connectivity index (χ0n) is 13.2. The molecule has 2 heterocycles. The average molecular weight is 291 g/mol. The van der Waals surface area contributed by atoms with E-state index >= 15 is 0 Å². The van der Waals surface area contributed by atoms with E-state index in [9.17, 15) is 0 Å². The largest absolute Gasteiger partial charge is 0.492 e. The van der Waals surface area contributed by atoms with E-state index in [0.717, 1.165) is 50.1 Å². The van der Waals surface area contributed by atoms with Crippen LogP contribution in [0.15, 0.2) is 24.1 Å². The minimum Gasteiger partial charge on any atom is -0.492 e. The predicted octanol–water partition coefficient (Wildman–Crippen LogP) is 1.99. The van der Waals surface area contributed by atoms with E-state index in [1.807, 2.05) is 45.3 Å². The van der Waals surface area contributed by atoms with Crippen LogP contribution < -0.4 is 0 Å². The first-order valence-electron chi connectivity index (χ1n) is 7.46. The molecule has 0 unspecified atom stereocenters. The van der Waals surface area contributed by atoms with Crippen molar-refractivity contribution in [3.8, 4) is 0 Å². The van der Waals surface area contributed by atoms with Crippen LogP contribution in [0.1, 0.15) is 18.4 Å². The summed E-state index contributed by atoms with van der Waals surface area (Å²) in [5.41, 5.74) is 1.13. The Hall–Kier alpha value is -1.59. The van der Waals surface area contributed by atoms with Crippen molar-refractivity contribution in [3.63, 3.8) is 0 Å². The van der Waals surface area contributed by atoms with Crippen LogP contribution in [0.5, 0.6) is 0 Å². The molecule has 1 aliphatic rings. The molecule has 0 radical (unpaired) electrons. The molecular formula is C16H25N3O2. The van der Waals surface area contributed by atoms with Crippen LogP contribution >= 0.6 is 0 Å². The molecule has 21 heavy (non-hydrogen) atoms. The van der Waals surface area contributed by atoms with E-state index in [0.29, 0.717) is 6.61 Å². The van der Waals surface area contributed by atoms with Gasteiger partial charge in [-0.25, -0.2) is 4.98 Å². The van der Waals surface area contributed by atoms with Crippen molar-refractivity contribution in [1.29, 1.82) is 0 Å². The van der Waals surface area contributed by atoms with Crippen molar-refractivity contribution < 1.29 is 9.47 Å². The first-order chi connectivity index (χ1) is 10.2. The van der Waals surface area contributed by atoms with Crippen molar-refractivity contribution in [2.45, 2.75) is 13.8 Å². The van der Waals surface area contributed by atoms with Crippen molar-refractivity contribution in [1.82, 2.24) is 14.5 Å². The highest BCUT2D eigenvalue weighted by Crippen LogP contribution is 2.10. The van der Waals surface area contributed by atoms with Crippen molar-refractivity contribution in [2.75, 3.05) is 39.5 Å². The Kier molecular flexibility index (Phi) is 6.02. The van der Waals surface area contributed by atoms with Gasteiger partial charge in [-0.2, -0.15) is 0 Å². The Labute approximate surface area is 126 Å². The Morgan fingerprint density at radius 2 is 2.19 bits per heavy atom. The molecule has 1 saturated heterocycles. The quantitative estimate of drug-likeness (QED) is 0.593. The van der Waals surface area contributed by atoms with E-state index in [4.69, 9.17) is 9.47 Å². The Morgan fingerprint density at radius 3 is 2.81 bits per heavy atom. The lowest BCUT2D eigenvalue weighted by molar-refractivity contribution is 0.0283. The van der Waals surface area contributed by atoms with Gasteiger partial charge in [0.1, 0.15) is 18.2 Å². The average Bonchev–Trinajstić information content (AvgIpc) is 2.80. The Balaban J connectivity index is 1.91. The van der Waals surface area contributed by atoms with Gasteiger partial charge in [-0.15, -0.1) is 0 Å². The van der Waals surface area contributed by atoms with Crippen LogP contribution in [0.25, 0.3) is 6.08 Å². The molecule has 2 rings (SSSR count). The van der Waals surface area contributed by atoms with Crippen LogP contribution in [0.3, 0.4) is 0 Å². The number of morpholine rings is 1. The number of imidazole rings is 1. The standard InChI is InChI=1S/C16H25N3O2/c1-4-5-15(12-16-17-13-14(2)18(16)3)21-11-8-19-6-9-20-10-7-19/h4-5,12-13H,6-11H2,1-3H3/b5-4-,15-12+. The van der Waals surface area contributed by atoms with Gasteiger partial charge in [0.15, 0.2) is 0 Å². The molecule has 1 aliphatic heterocycles. The zero-order chi connectivity index (χ0) is 15.1. The number of hydrogen-bond donors (Lipinski definition) is 0. The van der Waals surface area contributed by atoms with E-state index in [1.54, 1.807) is 0 Å². The number of hydrogen-bond acceptors (Lipinski definition) is 4. The third-order valence-electron chi connectivity index (χ3n) is 3.64. The third-order valence-corrected chi connectivity index (χ3v) is 3.64. The Morgan fingerprint density at radius 1 is 1.43 bits per heavy atom. The van der Waals surface area contributed by atoms with Crippen LogP contribution in [0, 0.1) is 6.92 Å². The monoisotopic (exact) mass is 291 g/mol. The molecule has 0 atom stereocenters. The molecule has 1 aromatic heterocycles. The van der Waals surface area contributed by atoms with Crippen molar-refractivity contribution in [3.05, 3.63) is 35.6 Å². The second-order valence-electron chi connectivity index (χ2n) is 5.17. The molecule has 5 heteroatoms. The van der Waals surface area contributed by atoms with Crippen molar-refractivity contribution in [2.24, 2.45) is 7.05 Å². The second kappa shape index (κ2) is 8.00. The normalized spacial score (nSPS) is 17.6. The number of rotatable bonds is 6. The molecular weight excluding hydrogens is 266 g/mol. The van der Waals surface area contributed by atoms with Crippen LogP contribution in [-0.2, 0) is 16.5 Å². The lowest BCUT2D eigenvalue weighted by atomic mass is 10.3. The lowest BCUT2D eigenvalue weighted by Crippen LogP contribution is -2.38. The molecule has 1 aromatic rings. The summed E-state index contributed by atoms with van der Waals surface area (Å²) < 4.78 is 13.3. The van der Waals surface area contributed by atoms with Gasteiger partial charge in [0.25, 0.3) is 0 Å². The smallest absolute Gasteiger partial charge is 0.136 e. The molecule has 5 nitrogen and oxygen atoms in total. The maximum atomic E-state index is 5.89. The van der Waals surface area contributed by atoms with E-state index in [1.165, 1.54) is 0 Å². The predicted molar refractivity (Wildman–Crippen MR) is 83.9 cm³/mol. The summed E-state index contributed by atoms with van der Waals surface area (Å²) in [5.74, 6) is 1.76. The highest BCUT2D eigenvalue weighted by atomic mass is 16.5. The molecule has 0 N–H and O–H groups in total. The zero-order valence-corrected chi connectivity index (χ0v) is 13.2. The molecule has 0 bridgehead atoms. The number of aromatic nitrogens is 2. The molecule has 0 spiro atoms. The summed E-state index contributed by atoms with van der Waals surface area (Å²) in [6, 6.07) is 0. The lowest BCUT2D eigenvalue weighted by Gasteiger charge is -2.26. The minimum atomic E-state index is 0.680. The molecule has 1 fully saturated rings. The first kappa shape index (κ1) is 15.8. The van der Waals surface area contributed by atoms with Gasteiger partial charge >= 0.3 is 0 Å². The van der Waals surface area contributed by atoms with Gasteiger partial charge in [0.2, 0.25) is 0 Å². The molecule has 0 aliphatic carbocycles. The minimum absolute atomic E-state index is 0.680. The van der Waals surface area contributed by atoms with E-state index in [2.05, 4.69) is 14.5 Å². The molecule has 0 amide bonds. The van der Waals surface area contributed by atoms with Gasteiger partial charge in [0, 0.05) is 44.6 Å². The summed E-state index contributed by atoms with van der Waals surface area (Å²) >= 11 is 0. The molecule has 0 aromatic carbocycles. The number of ether oxygens (including phenoxy) is 2. The first-order valence-corrected chi connectivity index (χ1v) is 7.46. The summed E-state index contributed by atoms with van der Waals surface area (Å²) in [6.07, 6.45) is 7.80. The fourth-order valence-electron chi connectivity index (χ4n) is 2.19. The van der Waals surface area contributed by atoms with E-state index in [-0.39, 0.29) is 0 Å². The van der Waals surface area contributed by atoms with Crippen LogP contribution in [0.2, 0.25) is 0 Å². The number of aryl methyl sites for hydroxylation is 1. The fraction of sp³-hybridized carbons (Fsp3) is 0.562. The van der Waals surface area contributed by atoms with Gasteiger partial charge in [-0.1, -0.05) is 6.08 Å². The van der Waals surface area contributed by atoms with Gasteiger partial charge in [-0.3, -0.25) is 4.90 Å². The SMILES string of the molecule is C/C=C\C(=C/c1ncc(C)n1C)OCCN1CCOCC1. The van der Waals surface area contributed by atoms with E-state index < -0.39 is 0 Å². The summed E-state index contributed by atoms with van der Waals surface area (Å²) in [5, 5.41) is 0. The number of nitrogens with zero attached hydrogens (tertiary/aromatic N) is 3. The summed E-state index contributed by atoms with van der Waals surface area (Å²) in [6.45, 7) is 9.27. The van der Waals surface area contributed by atoms with Gasteiger partial charge in [0.05, 0.1) is 13.2 Å². The van der Waals surface area contributed by atoms with Gasteiger partial charge in [-0.05, 0) is 19.9 Å². The topological polar surface area (TPSA) is 39.5 Å². The highest BCUT2D eigenvalue weighted by molar-refractivity contribution is 5.47. The highest BCUT2D eigenvalue weighted by Gasteiger charge is 2.10. The maximum absolute atomic E-state index is 5.89. The van der Waals surface area contributed by atoms with Crippen molar-refractivity contribution >= 4 is 6.08 Å². The van der Waals surface area contributed by atoms with Crippen LogP contribution in [0.4, 0.5) is 0 Å². The molecule has 116 valence electrons. The number of allylic oxidation sites excluding steroid dienone is 2. The Bertz CT molecular complexity index is 500. The van der Waals surface area contributed by atoms with Gasteiger partial charge < -0.3 is 14.0 Å². The summed E-state index contributed by atoms with van der Waals surface area (Å²) in [4.78, 5) is 6.74. The third kappa shape index (κ3) is 4.72. The maximum Gasteiger partial charge on any atom is 0.136 e. The fourth-order valence-corrected chi connectivity index (χ4v) is 2.19. The van der Waals surface area contributed by atoms with Crippen LogP contribution in [-0.4, -0.2) is 53.9 Å². The molecule has 0 saturated carbocycles.